The Morgan fingerprint density at radius 2 is 1.71 bits per heavy atom. The summed E-state index contributed by atoms with van der Waals surface area (Å²) >= 11 is 0. The van der Waals surface area contributed by atoms with E-state index in [-0.39, 0.29) is 36.7 Å². The lowest BCUT2D eigenvalue weighted by atomic mass is 9.81. The first-order valence-corrected chi connectivity index (χ1v) is 14.2. The zero-order valence-corrected chi connectivity index (χ0v) is 23.0. The van der Waals surface area contributed by atoms with E-state index in [9.17, 15) is 23.4 Å². The number of ether oxygens (including phenoxy) is 1. The first kappa shape index (κ1) is 31.4. The monoisotopic (exact) mass is 515 g/mol. The van der Waals surface area contributed by atoms with Crippen molar-refractivity contribution in [3.8, 4) is 5.75 Å². The molecule has 0 saturated heterocycles. The van der Waals surface area contributed by atoms with E-state index in [1.807, 2.05) is 18.2 Å². The highest BCUT2D eigenvalue weighted by Gasteiger charge is 2.27. The summed E-state index contributed by atoms with van der Waals surface area (Å²) in [5, 5.41) is 29.3. The molecule has 35 heavy (non-hydrogen) atoms. The molecule has 0 aliphatic rings. The fourth-order valence-electron chi connectivity index (χ4n) is 3.95. The molecule has 0 bridgehead atoms. The van der Waals surface area contributed by atoms with Gasteiger partial charge in [-0.3, -0.25) is 4.79 Å². The van der Waals surface area contributed by atoms with E-state index in [1.165, 1.54) is 0 Å². The minimum atomic E-state index is -3.55. The van der Waals surface area contributed by atoms with Crippen LogP contribution in [0.25, 0.3) is 0 Å². The Kier molecular flexibility index (Phi) is 11.7. The maximum absolute atomic E-state index is 11.5. The highest BCUT2D eigenvalue weighted by atomic mass is 32.2. The van der Waals surface area contributed by atoms with Crippen molar-refractivity contribution in [2.75, 3.05) is 12.9 Å². The SMILES string of the molecule is CC(CC(O)C(N)CC(Cc1ccc(C(C)(C)C)c(OCC[C@H](O)S(C)(=O)=O)c1)C(C)C)C(=O)O. The Balaban J connectivity index is 3.02. The van der Waals surface area contributed by atoms with Crippen LogP contribution in [-0.4, -0.2) is 60.2 Å². The summed E-state index contributed by atoms with van der Waals surface area (Å²) in [6.07, 6.45) is 1.42. The molecule has 0 amide bonds. The van der Waals surface area contributed by atoms with Gasteiger partial charge in [-0.1, -0.05) is 53.7 Å². The number of hydrogen-bond acceptors (Lipinski definition) is 7. The molecule has 0 saturated carbocycles. The van der Waals surface area contributed by atoms with Gasteiger partial charge in [0.15, 0.2) is 15.3 Å². The maximum atomic E-state index is 11.5. The molecular weight excluding hydrogens is 470 g/mol. The molecule has 0 aromatic heterocycles. The van der Waals surface area contributed by atoms with Crippen molar-refractivity contribution in [2.24, 2.45) is 23.5 Å². The Labute approximate surface area is 210 Å². The van der Waals surface area contributed by atoms with Crippen LogP contribution in [0.3, 0.4) is 0 Å². The summed E-state index contributed by atoms with van der Waals surface area (Å²) in [7, 11) is -3.55. The molecule has 202 valence electrons. The Morgan fingerprint density at radius 3 is 2.20 bits per heavy atom. The molecule has 1 aromatic carbocycles. The van der Waals surface area contributed by atoms with E-state index in [0.29, 0.717) is 18.6 Å². The molecule has 5 N–H and O–H groups in total. The van der Waals surface area contributed by atoms with Crippen molar-refractivity contribution in [3.63, 3.8) is 0 Å². The average molecular weight is 516 g/mol. The van der Waals surface area contributed by atoms with Gasteiger partial charge in [0.25, 0.3) is 0 Å². The lowest BCUT2D eigenvalue weighted by molar-refractivity contribution is -0.142. The molecule has 0 spiro atoms. The Morgan fingerprint density at radius 1 is 1.11 bits per heavy atom. The number of hydrogen-bond donors (Lipinski definition) is 4. The molecule has 0 fully saturated rings. The Bertz CT molecular complexity index is 924. The summed E-state index contributed by atoms with van der Waals surface area (Å²) in [6.45, 7) is 12.0. The number of rotatable bonds is 14. The number of carboxylic acids is 1. The topological polar surface area (TPSA) is 147 Å². The summed E-state index contributed by atoms with van der Waals surface area (Å²) < 4.78 is 29.0. The van der Waals surface area contributed by atoms with E-state index >= 15 is 0 Å². The van der Waals surface area contributed by atoms with E-state index < -0.39 is 39.3 Å². The second-order valence-corrected chi connectivity index (χ2v) is 13.4. The molecule has 0 aliphatic carbocycles. The van der Waals surface area contributed by atoms with Crippen LogP contribution in [0.1, 0.15) is 71.9 Å². The van der Waals surface area contributed by atoms with Crippen molar-refractivity contribution < 1.29 is 33.3 Å². The molecule has 1 aromatic rings. The second kappa shape index (κ2) is 13.0. The standard InChI is InChI=1S/C26H45NO7S/c1-16(2)19(15-21(27)22(28)12-17(3)25(30)31)13-18-8-9-20(26(4,5)6)23(14-18)34-11-10-24(29)35(7,32)33/h8-9,14,16-17,19,21-22,24,28-29H,10-13,15,27H2,1-7H3,(H,30,31)/t17?,19?,21?,22?,24-/m1/s1. The van der Waals surface area contributed by atoms with Crippen LogP contribution in [0.2, 0.25) is 0 Å². The van der Waals surface area contributed by atoms with Gasteiger partial charge in [-0.15, -0.1) is 0 Å². The summed E-state index contributed by atoms with van der Waals surface area (Å²) in [6, 6.07) is 5.48. The minimum Gasteiger partial charge on any atom is -0.493 e. The predicted molar refractivity (Wildman–Crippen MR) is 138 cm³/mol. The predicted octanol–water partition coefficient (Wildman–Crippen LogP) is 3.12. The van der Waals surface area contributed by atoms with Crippen LogP contribution in [0, 0.1) is 17.8 Å². The Hall–Kier alpha value is -1.68. The first-order chi connectivity index (χ1) is 15.9. The van der Waals surface area contributed by atoms with Crippen molar-refractivity contribution in [1.29, 1.82) is 0 Å². The van der Waals surface area contributed by atoms with Crippen molar-refractivity contribution in [1.82, 2.24) is 0 Å². The highest BCUT2D eigenvalue weighted by molar-refractivity contribution is 7.91. The van der Waals surface area contributed by atoms with Crippen LogP contribution in [-0.2, 0) is 26.5 Å². The van der Waals surface area contributed by atoms with Crippen molar-refractivity contribution >= 4 is 15.8 Å². The lowest BCUT2D eigenvalue weighted by Crippen LogP contribution is -2.39. The van der Waals surface area contributed by atoms with Crippen LogP contribution in [0.5, 0.6) is 5.75 Å². The van der Waals surface area contributed by atoms with Gasteiger partial charge in [0.05, 0.1) is 18.6 Å². The number of aliphatic hydroxyl groups excluding tert-OH is 2. The molecular formula is C26H45NO7S. The summed E-state index contributed by atoms with van der Waals surface area (Å²) in [5.74, 6) is -0.536. The fraction of sp³-hybridized carbons (Fsp3) is 0.731. The van der Waals surface area contributed by atoms with Gasteiger partial charge in [0, 0.05) is 18.7 Å². The fourth-order valence-corrected chi connectivity index (χ4v) is 4.48. The third-order valence-corrected chi connectivity index (χ3v) is 7.72. The van der Waals surface area contributed by atoms with Gasteiger partial charge in [-0.05, 0) is 53.7 Å². The van der Waals surface area contributed by atoms with Gasteiger partial charge in [0.1, 0.15) is 5.75 Å². The van der Waals surface area contributed by atoms with Crippen molar-refractivity contribution in [3.05, 3.63) is 29.3 Å². The quantitative estimate of drug-likeness (QED) is 0.295. The lowest BCUT2D eigenvalue weighted by Gasteiger charge is -2.29. The number of benzene rings is 1. The number of sulfone groups is 1. The smallest absolute Gasteiger partial charge is 0.306 e. The number of carbonyl (C=O) groups is 1. The van der Waals surface area contributed by atoms with Crippen LogP contribution < -0.4 is 10.5 Å². The van der Waals surface area contributed by atoms with E-state index in [4.69, 9.17) is 15.6 Å². The van der Waals surface area contributed by atoms with Crippen LogP contribution in [0.4, 0.5) is 0 Å². The number of carboxylic acid groups (broad SMARTS) is 1. The molecule has 5 atom stereocenters. The number of nitrogens with two attached hydrogens (primary N) is 1. The average Bonchev–Trinajstić information content (AvgIpc) is 2.71. The summed E-state index contributed by atoms with van der Waals surface area (Å²) in [5.41, 5.74) is 6.59. The molecule has 0 heterocycles. The second-order valence-electron chi connectivity index (χ2n) is 11.2. The first-order valence-electron chi connectivity index (χ1n) is 12.2. The summed E-state index contributed by atoms with van der Waals surface area (Å²) in [4.78, 5) is 11.1. The minimum absolute atomic E-state index is 0.0250. The van der Waals surface area contributed by atoms with Gasteiger partial charge in [0.2, 0.25) is 0 Å². The highest BCUT2D eigenvalue weighted by Crippen LogP contribution is 2.34. The molecule has 0 aliphatic heterocycles. The van der Waals surface area contributed by atoms with Crippen LogP contribution >= 0.6 is 0 Å². The maximum Gasteiger partial charge on any atom is 0.306 e. The molecule has 4 unspecified atom stereocenters. The third kappa shape index (κ3) is 10.5. The van der Waals surface area contributed by atoms with Gasteiger partial charge < -0.3 is 25.8 Å². The normalized spacial score (nSPS) is 17.0. The number of aliphatic carboxylic acids is 1. The van der Waals surface area contributed by atoms with Gasteiger partial charge >= 0.3 is 5.97 Å². The zero-order chi connectivity index (χ0) is 27.1. The molecule has 8 nitrogen and oxygen atoms in total. The zero-order valence-electron chi connectivity index (χ0n) is 22.2. The molecule has 1 rings (SSSR count). The molecule has 0 radical (unpaired) electrons. The van der Waals surface area contributed by atoms with Gasteiger partial charge in [-0.25, -0.2) is 8.42 Å². The number of aliphatic hydroxyl groups is 2. The van der Waals surface area contributed by atoms with E-state index in [2.05, 4.69) is 34.6 Å². The van der Waals surface area contributed by atoms with E-state index in [0.717, 1.165) is 17.4 Å². The van der Waals surface area contributed by atoms with Gasteiger partial charge in [-0.2, -0.15) is 0 Å². The molecule has 9 heteroatoms. The third-order valence-electron chi connectivity index (χ3n) is 6.50. The van der Waals surface area contributed by atoms with E-state index in [1.54, 1.807) is 6.92 Å². The van der Waals surface area contributed by atoms with Crippen molar-refractivity contribution in [2.45, 2.75) is 90.2 Å². The van der Waals surface area contributed by atoms with Crippen LogP contribution in [0.15, 0.2) is 18.2 Å². The largest absolute Gasteiger partial charge is 0.493 e.